The van der Waals surface area contributed by atoms with Gasteiger partial charge >= 0.3 is 0 Å². The van der Waals surface area contributed by atoms with E-state index in [4.69, 9.17) is 4.74 Å². The molecule has 0 amide bonds. The zero-order chi connectivity index (χ0) is 28.6. The number of halogens is 2. The lowest BCUT2D eigenvalue weighted by atomic mass is 9.76. The zero-order valence-corrected chi connectivity index (χ0v) is 23.8. The maximum Gasteiger partial charge on any atom is 0.178 e. The zero-order valence-electron chi connectivity index (χ0n) is 23.8. The van der Waals surface area contributed by atoms with Crippen LogP contribution in [0.3, 0.4) is 0 Å². The molecule has 0 bridgehead atoms. The molecule has 8 rings (SSSR count). The van der Waals surface area contributed by atoms with Gasteiger partial charge in [-0.1, -0.05) is 86.7 Å². The van der Waals surface area contributed by atoms with Crippen molar-refractivity contribution in [1.29, 1.82) is 0 Å². The molecule has 2 nitrogen and oxygen atoms in total. The van der Waals surface area contributed by atoms with E-state index in [-0.39, 0.29) is 0 Å². The van der Waals surface area contributed by atoms with Crippen LogP contribution in [0.2, 0.25) is 0 Å². The fraction of sp³-hybridized carbons (Fsp3) is 0.211. The van der Waals surface area contributed by atoms with E-state index in [0.29, 0.717) is 11.1 Å². The number of ether oxygens (including phenoxy) is 1. The van der Waals surface area contributed by atoms with Gasteiger partial charge < -0.3 is 9.64 Å². The van der Waals surface area contributed by atoms with E-state index in [0.717, 1.165) is 63.5 Å². The summed E-state index contributed by atoms with van der Waals surface area (Å²) in [5.74, 6) is -0.313. The van der Waals surface area contributed by atoms with Gasteiger partial charge in [0.05, 0.1) is 0 Å². The minimum Gasteiger partial charge on any atom is -0.472 e. The molecule has 2 aliphatic heterocycles. The van der Waals surface area contributed by atoms with Gasteiger partial charge in [0.15, 0.2) is 5.60 Å². The number of benzene rings is 5. The molecule has 42 heavy (non-hydrogen) atoms. The van der Waals surface area contributed by atoms with Crippen molar-refractivity contribution in [1.82, 2.24) is 0 Å². The molecule has 0 saturated carbocycles. The first-order valence-electron chi connectivity index (χ1n) is 14.8. The first-order valence-corrected chi connectivity index (χ1v) is 14.8. The summed E-state index contributed by atoms with van der Waals surface area (Å²) >= 11 is 0. The Labute approximate surface area is 244 Å². The topological polar surface area (TPSA) is 12.5 Å². The van der Waals surface area contributed by atoms with Gasteiger partial charge in [0.2, 0.25) is 0 Å². The Hall–Kier alpha value is -4.44. The molecular weight excluding hydrogens is 524 g/mol. The van der Waals surface area contributed by atoms with Gasteiger partial charge in [-0.15, -0.1) is 0 Å². The van der Waals surface area contributed by atoms with Gasteiger partial charge in [0.25, 0.3) is 0 Å². The number of fused-ring (bicyclic) bond motifs is 8. The van der Waals surface area contributed by atoms with Gasteiger partial charge in [0, 0.05) is 57.9 Å². The number of rotatable bonds is 3. The predicted molar refractivity (Wildman–Crippen MR) is 166 cm³/mol. The van der Waals surface area contributed by atoms with E-state index in [9.17, 15) is 4.39 Å². The van der Waals surface area contributed by atoms with Crippen molar-refractivity contribution in [3.63, 3.8) is 0 Å². The van der Waals surface area contributed by atoms with Crippen LogP contribution in [0.4, 0.5) is 14.5 Å². The van der Waals surface area contributed by atoms with Gasteiger partial charge in [-0.2, -0.15) is 0 Å². The molecule has 1 fully saturated rings. The largest absolute Gasteiger partial charge is 0.472 e. The molecule has 0 N–H and O–H groups in total. The van der Waals surface area contributed by atoms with Crippen LogP contribution in [0, 0.1) is 11.6 Å². The third kappa shape index (κ3) is 3.47. The second kappa shape index (κ2) is 9.03. The molecular formula is C38H31F2NO. The number of hydrogen-bond acceptors (Lipinski definition) is 2. The first-order chi connectivity index (χ1) is 20.4. The van der Waals surface area contributed by atoms with E-state index >= 15 is 4.39 Å². The minimum absolute atomic E-state index is 0.513. The lowest BCUT2D eigenvalue weighted by Crippen LogP contribution is -2.35. The summed E-state index contributed by atoms with van der Waals surface area (Å²) in [5.41, 5.74) is 5.69. The summed E-state index contributed by atoms with van der Waals surface area (Å²) in [6.07, 6.45) is 6.74. The van der Waals surface area contributed by atoms with Crippen molar-refractivity contribution in [3.05, 3.63) is 137 Å². The molecule has 0 aromatic heterocycles. The van der Waals surface area contributed by atoms with Gasteiger partial charge in [-0.25, -0.2) is 8.78 Å². The van der Waals surface area contributed by atoms with Crippen LogP contribution >= 0.6 is 0 Å². The molecule has 1 aliphatic carbocycles. The van der Waals surface area contributed by atoms with Crippen molar-refractivity contribution in [2.75, 3.05) is 18.0 Å². The molecule has 0 radical (unpaired) electrons. The Bertz CT molecular complexity index is 1900. The average molecular weight is 556 g/mol. The fourth-order valence-electron chi connectivity index (χ4n) is 7.61. The third-order valence-electron chi connectivity index (χ3n) is 9.50. The van der Waals surface area contributed by atoms with E-state index < -0.39 is 22.7 Å². The summed E-state index contributed by atoms with van der Waals surface area (Å²) in [6.45, 7) is 6.23. The Morgan fingerprint density at radius 2 is 1.40 bits per heavy atom. The molecule has 3 aliphatic rings. The lowest BCUT2D eigenvalue weighted by Gasteiger charge is -2.38. The SMILES string of the molecule is CC1(C)c2c(F)cc(F)cc2-c2c1c1c(c3ccccc23)OC(c2ccccc2)(c2ccc(N3CCCC3)cc2)C=C1. The fourth-order valence-corrected chi connectivity index (χ4v) is 7.61. The van der Waals surface area contributed by atoms with E-state index in [1.807, 2.05) is 50.2 Å². The third-order valence-corrected chi connectivity index (χ3v) is 9.50. The van der Waals surface area contributed by atoms with Crippen LogP contribution in [-0.2, 0) is 11.0 Å². The van der Waals surface area contributed by atoms with Crippen molar-refractivity contribution in [3.8, 4) is 16.9 Å². The highest BCUT2D eigenvalue weighted by atomic mass is 19.1. The minimum atomic E-state index is -0.859. The second-order valence-electron chi connectivity index (χ2n) is 12.3. The van der Waals surface area contributed by atoms with E-state index in [2.05, 4.69) is 59.5 Å². The molecule has 1 unspecified atom stereocenters. The van der Waals surface area contributed by atoms with Gasteiger partial charge in [-0.3, -0.25) is 0 Å². The summed E-state index contributed by atoms with van der Waals surface area (Å²) in [7, 11) is 0. The average Bonchev–Trinajstić information content (AvgIpc) is 3.63. The van der Waals surface area contributed by atoms with Crippen molar-refractivity contribution in [2.45, 2.75) is 37.7 Å². The Morgan fingerprint density at radius 1 is 0.738 bits per heavy atom. The molecule has 4 heteroatoms. The van der Waals surface area contributed by atoms with Crippen LogP contribution in [-0.4, -0.2) is 13.1 Å². The smallest absolute Gasteiger partial charge is 0.178 e. The maximum absolute atomic E-state index is 15.5. The van der Waals surface area contributed by atoms with E-state index in [1.54, 1.807) is 0 Å². The molecule has 2 heterocycles. The van der Waals surface area contributed by atoms with Gasteiger partial charge in [-0.05, 0) is 59.2 Å². The number of hydrogen-bond donors (Lipinski definition) is 0. The molecule has 0 spiro atoms. The maximum atomic E-state index is 15.5. The lowest BCUT2D eigenvalue weighted by molar-refractivity contribution is 0.163. The quantitative estimate of drug-likeness (QED) is 0.220. The van der Waals surface area contributed by atoms with Crippen LogP contribution in [0.25, 0.3) is 28.0 Å². The highest BCUT2D eigenvalue weighted by molar-refractivity contribution is 6.08. The van der Waals surface area contributed by atoms with Crippen molar-refractivity contribution >= 4 is 22.5 Å². The summed E-state index contributed by atoms with van der Waals surface area (Å²) in [6, 6.07) is 29.7. The van der Waals surface area contributed by atoms with Crippen molar-refractivity contribution in [2.24, 2.45) is 0 Å². The highest BCUT2D eigenvalue weighted by Gasteiger charge is 2.45. The molecule has 208 valence electrons. The van der Waals surface area contributed by atoms with Crippen molar-refractivity contribution < 1.29 is 13.5 Å². The van der Waals surface area contributed by atoms with Crippen LogP contribution in [0.1, 0.15) is 54.5 Å². The summed E-state index contributed by atoms with van der Waals surface area (Å²) in [4.78, 5) is 2.43. The Kier molecular flexibility index (Phi) is 5.43. The standard InChI is InChI=1S/C38H31F2NO/c1-37(2)34-31(22-26(39)23-32(34)40)33-28-12-6-7-13-29(28)36-30(35(33)37)18-19-38(42-36,24-10-4-3-5-11-24)25-14-16-27(17-15-25)41-20-8-9-21-41/h3-7,10-19,22-23H,8-9,20-21H2,1-2H3. The Morgan fingerprint density at radius 3 is 2.14 bits per heavy atom. The molecule has 1 saturated heterocycles. The highest BCUT2D eigenvalue weighted by Crippen LogP contribution is 2.58. The normalized spacial score (nSPS) is 19.9. The van der Waals surface area contributed by atoms with Crippen LogP contribution in [0.15, 0.2) is 97.1 Å². The first kappa shape index (κ1) is 25.3. The predicted octanol–water partition coefficient (Wildman–Crippen LogP) is 9.37. The Balaban J connectivity index is 1.38. The summed E-state index contributed by atoms with van der Waals surface area (Å²) in [5, 5.41) is 1.86. The van der Waals surface area contributed by atoms with E-state index in [1.165, 1.54) is 24.6 Å². The van der Waals surface area contributed by atoms with Gasteiger partial charge in [0.1, 0.15) is 17.4 Å². The molecule has 5 aromatic carbocycles. The van der Waals surface area contributed by atoms with Crippen LogP contribution < -0.4 is 9.64 Å². The summed E-state index contributed by atoms with van der Waals surface area (Å²) < 4.78 is 37.4. The molecule has 1 atom stereocenters. The number of anilines is 1. The van der Waals surface area contributed by atoms with Crippen LogP contribution in [0.5, 0.6) is 5.75 Å². The molecule has 5 aromatic rings. The second-order valence-corrected chi connectivity index (χ2v) is 12.3. The monoisotopic (exact) mass is 555 g/mol. The number of nitrogens with zero attached hydrogens (tertiary/aromatic N) is 1.